The predicted molar refractivity (Wildman–Crippen MR) is 182 cm³/mol. The number of nitrogens with one attached hydrogen (secondary N) is 3. The summed E-state index contributed by atoms with van der Waals surface area (Å²) in [6.07, 6.45) is 7.72. The van der Waals surface area contributed by atoms with Crippen LogP contribution < -0.4 is 25.6 Å². The first-order valence-corrected chi connectivity index (χ1v) is 16.2. The minimum Gasteiger partial charge on any atom is -0.497 e. The molecule has 0 saturated carbocycles. The fourth-order valence-corrected chi connectivity index (χ4v) is 6.16. The van der Waals surface area contributed by atoms with E-state index in [1.54, 1.807) is 7.11 Å². The van der Waals surface area contributed by atoms with Crippen LogP contribution in [0.4, 0.5) is 16.2 Å². The zero-order chi connectivity index (χ0) is 32.3. The molecule has 1 atom stereocenters. The highest BCUT2D eigenvalue weighted by Gasteiger charge is 2.28. The Morgan fingerprint density at radius 2 is 1.69 bits per heavy atom. The first-order chi connectivity index (χ1) is 21.7. The number of aryl methyl sites for hydroxylation is 3. The molecule has 1 saturated heterocycles. The number of carbonyl (C=O) groups is 2. The third-order valence-electron chi connectivity index (χ3n) is 8.86. The average Bonchev–Trinajstić information content (AvgIpc) is 3.03. The van der Waals surface area contributed by atoms with Gasteiger partial charge in [-0.3, -0.25) is 9.78 Å². The molecule has 2 aromatic carbocycles. The van der Waals surface area contributed by atoms with Gasteiger partial charge in [-0.2, -0.15) is 0 Å². The van der Waals surface area contributed by atoms with E-state index in [0.29, 0.717) is 36.4 Å². The maximum absolute atomic E-state index is 13.1. The molecule has 4 rings (SSSR count). The minimum atomic E-state index is -0.233. The van der Waals surface area contributed by atoms with Crippen LogP contribution >= 0.6 is 0 Å². The van der Waals surface area contributed by atoms with E-state index in [4.69, 9.17) is 4.74 Å². The molecule has 0 radical (unpaired) electrons. The molecular weight excluding hydrogens is 564 g/mol. The summed E-state index contributed by atoms with van der Waals surface area (Å²) in [5.74, 6) is 0.789. The molecule has 1 aliphatic rings. The molecule has 1 fully saturated rings. The Hall–Kier alpha value is -4.11. The van der Waals surface area contributed by atoms with Gasteiger partial charge in [-0.1, -0.05) is 6.92 Å². The van der Waals surface area contributed by atoms with Crippen molar-refractivity contribution in [2.24, 2.45) is 0 Å². The predicted octanol–water partition coefficient (Wildman–Crippen LogP) is 6.23. The normalized spacial score (nSPS) is 14.4. The minimum absolute atomic E-state index is 0.0706. The number of anilines is 2. The van der Waals surface area contributed by atoms with Gasteiger partial charge >= 0.3 is 6.03 Å². The summed E-state index contributed by atoms with van der Waals surface area (Å²) in [7, 11) is 1.70. The molecule has 242 valence electrons. The molecule has 3 aromatic rings. The Kier molecular flexibility index (Phi) is 12.2. The number of amides is 3. The maximum Gasteiger partial charge on any atom is 0.319 e. The molecule has 9 heteroatoms. The molecular formula is C36H50N6O3. The summed E-state index contributed by atoms with van der Waals surface area (Å²) >= 11 is 0. The zero-order valence-corrected chi connectivity index (χ0v) is 27.8. The van der Waals surface area contributed by atoms with E-state index in [9.17, 15) is 9.59 Å². The number of rotatable bonds is 13. The second-order valence-corrected chi connectivity index (χ2v) is 12.2. The lowest BCUT2D eigenvalue weighted by Gasteiger charge is -2.42. The van der Waals surface area contributed by atoms with E-state index in [1.165, 1.54) is 16.8 Å². The number of methoxy groups -OCH3 is 1. The highest BCUT2D eigenvalue weighted by Crippen LogP contribution is 2.29. The number of benzene rings is 2. The number of carbonyl (C=O) groups excluding carboxylic acids is 2. The second kappa shape index (κ2) is 16.3. The standard InChI is InChI=1S/C36H50N6O3/c1-7-16-39-36(44)40-30-21-26(3)34(27(4)22-30)35(43)38-18-13-28(5)41-19-14-32(15-20-41)42(24-29-23-37-17-12-25(29)2)31-8-10-33(45-6)11-9-31/h8-12,17,21-23,28,32H,7,13-16,18-20,24H2,1-6H3,(H,38,43)(H2,39,40,44)/t28-/m1/s1. The van der Waals surface area contributed by atoms with Crippen molar-refractivity contribution in [1.82, 2.24) is 20.5 Å². The van der Waals surface area contributed by atoms with Gasteiger partial charge in [0, 0.05) is 74.1 Å². The van der Waals surface area contributed by atoms with Crippen LogP contribution in [0.2, 0.25) is 0 Å². The first kappa shape index (κ1) is 33.8. The van der Waals surface area contributed by atoms with E-state index >= 15 is 0 Å². The third-order valence-corrected chi connectivity index (χ3v) is 8.86. The van der Waals surface area contributed by atoms with E-state index in [0.717, 1.165) is 62.2 Å². The molecule has 1 aromatic heterocycles. The topological polar surface area (TPSA) is 98.8 Å². The largest absolute Gasteiger partial charge is 0.497 e. The van der Waals surface area contributed by atoms with Gasteiger partial charge in [-0.25, -0.2) is 4.79 Å². The van der Waals surface area contributed by atoms with Crippen LogP contribution in [0.15, 0.2) is 54.9 Å². The number of nitrogens with zero attached hydrogens (tertiary/aromatic N) is 3. The van der Waals surface area contributed by atoms with Crippen LogP contribution in [0.1, 0.15) is 72.1 Å². The highest BCUT2D eigenvalue weighted by atomic mass is 16.5. The van der Waals surface area contributed by atoms with Gasteiger partial charge in [-0.05, 0) is 118 Å². The van der Waals surface area contributed by atoms with E-state index in [1.807, 2.05) is 57.4 Å². The number of hydrogen-bond acceptors (Lipinski definition) is 6. The van der Waals surface area contributed by atoms with Gasteiger partial charge in [0.2, 0.25) is 0 Å². The summed E-state index contributed by atoms with van der Waals surface area (Å²) in [6.45, 7) is 14.3. The van der Waals surface area contributed by atoms with Gasteiger partial charge in [0.25, 0.3) is 5.91 Å². The summed E-state index contributed by atoms with van der Waals surface area (Å²) < 4.78 is 5.41. The Bertz CT molecular complexity index is 1400. The van der Waals surface area contributed by atoms with Crippen LogP contribution in [-0.2, 0) is 6.54 Å². The number of likely N-dealkylation sites (tertiary alicyclic amines) is 1. The molecule has 9 nitrogen and oxygen atoms in total. The number of hydrogen-bond donors (Lipinski definition) is 3. The van der Waals surface area contributed by atoms with Crippen molar-refractivity contribution >= 4 is 23.3 Å². The molecule has 0 unspecified atom stereocenters. The number of urea groups is 1. The number of ether oxygens (including phenoxy) is 1. The fourth-order valence-electron chi connectivity index (χ4n) is 6.16. The monoisotopic (exact) mass is 614 g/mol. The lowest BCUT2D eigenvalue weighted by Crippen LogP contribution is -2.48. The van der Waals surface area contributed by atoms with Crippen molar-refractivity contribution < 1.29 is 14.3 Å². The van der Waals surface area contributed by atoms with Crippen molar-refractivity contribution in [1.29, 1.82) is 0 Å². The lowest BCUT2D eigenvalue weighted by atomic mass is 9.98. The number of aromatic nitrogens is 1. The Labute approximate surface area is 268 Å². The summed E-state index contributed by atoms with van der Waals surface area (Å²) in [4.78, 5) is 34.7. The number of piperidine rings is 1. The SMILES string of the molecule is CCCNC(=O)Nc1cc(C)c(C(=O)NCC[C@@H](C)N2CCC(N(Cc3cnccc3C)c3ccc(OC)cc3)CC2)c(C)c1. The van der Waals surface area contributed by atoms with Crippen molar-refractivity contribution in [2.75, 3.05) is 43.5 Å². The Morgan fingerprint density at radius 3 is 2.31 bits per heavy atom. The second-order valence-electron chi connectivity index (χ2n) is 12.2. The molecule has 0 spiro atoms. The average molecular weight is 615 g/mol. The van der Waals surface area contributed by atoms with Crippen LogP contribution in [0.5, 0.6) is 5.75 Å². The van der Waals surface area contributed by atoms with Crippen LogP contribution in [0.25, 0.3) is 0 Å². The number of pyridine rings is 1. The highest BCUT2D eigenvalue weighted by molar-refractivity contribution is 5.98. The van der Waals surface area contributed by atoms with Gasteiger partial charge in [-0.15, -0.1) is 0 Å². The van der Waals surface area contributed by atoms with Crippen molar-refractivity contribution in [3.8, 4) is 5.75 Å². The van der Waals surface area contributed by atoms with Crippen molar-refractivity contribution in [3.63, 3.8) is 0 Å². The van der Waals surface area contributed by atoms with E-state index in [2.05, 4.69) is 62.8 Å². The molecule has 0 aliphatic carbocycles. The zero-order valence-electron chi connectivity index (χ0n) is 27.8. The summed E-state index contributed by atoms with van der Waals surface area (Å²) in [5, 5.41) is 8.81. The molecule has 2 heterocycles. The third kappa shape index (κ3) is 9.20. The molecule has 1 aliphatic heterocycles. The fraction of sp³-hybridized carbons (Fsp3) is 0.472. The van der Waals surface area contributed by atoms with Crippen LogP contribution in [-0.4, -0.2) is 67.2 Å². The Morgan fingerprint density at radius 1 is 1.00 bits per heavy atom. The summed E-state index contributed by atoms with van der Waals surface area (Å²) in [5.41, 5.74) is 6.74. The van der Waals surface area contributed by atoms with Crippen molar-refractivity contribution in [3.05, 3.63) is 82.7 Å². The quantitative estimate of drug-likeness (QED) is 0.211. The first-order valence-electron chi connectivity index (χ1n) is 16.2. The molecule has 45 heavy (non-hydrogen) atoms. The molecule has 3 amide bonds. The van der Waals surface area contributed by atoms with Gasteiger partial charge in [0.05, 0.1) is 7.11 Å². The van der Waals surface area contributed by atoms with E-state index in [-0.39, 0.29) is 11.9 Å². The lowest BCUT2D eigenvalue weighted by molar-refractivity contribution is 0.0944. The maximum atomic E-state index is 13.1. The molecule has 3 N–H and O–H groups in total. The molecule has 0 bridgehead atoms. The van der Waals surface area contributed by atoms with Gasteiger partial charge in [0.15, 0.2) is 0 Å². The smallest absolute Gasteiger partial charge is 0.319 e. The van der Waals surface area contributed by atoms with Crippen LogP contribution in [0.3, 0.4) is 0 Å². The summed E-state index contributed by atoms with van der Waals surface area (Å²) in [6, 6.07) is 14.7. The van der Waals surface area contributed by atoms with E-state index < -0.39 is 0 Å². The van der Waals surface area contributed by atoms with Gasteiger partial charge in [0.1, 0.15) is 5.75 Å². The van der Waals surface area contributed by atoms with Crippen molar-refractivity contribution in [2.45, 2.75) is 78.9 Å². The van der Waals surface area contributed by atoms with Gasteiger partial charge < -0.3 is 30.5 Å². The van der Waals surface area contributed by atoms with Crippen LogP contribution in [0, 0.1) is 20.8 Å². The Balaban J connectivity index is 1.30.